The third-order valence-corrected chi connectivity index (χ3v) is 8.00. The second kappa shape index (κ2) is 7.88. The predicted octanol–water partition coefficient (Wildman–Crippen LogP) is 7.96. The number of rotatable bonds is 4. The minimum absolute atomic E-state index is 0.298. The number of ether oxygens (including phenoxy) is 1. The number of halogens is 1. The number of carbonyl (C=O) groups is 1. The van der Waals surface area contributed by atoms with E-state index in [1.54, 1.807) is 38.1 Å². The Balaban J connectivity index is 1.56. The first kappa shape index (κ1) is 20.4. The van der Waals surface area contributed by atoms with Gasteiger partial charge in [-0.2, -0.15) is 0 Å². The molecule has 0 unspecified atom stereocenters. The quantitative estimate of drug-likeness (QED) is 0.209. The monoisotopic (exact) mass is 441 g/mol. The molecule has 158 valence electrons. The van der Waals surface area contributed by atoms with Crippen LogP contribution >= 0.6 is 10.5 Å². The number of benzene rings is 4. The summed E-state index contributed by atoms with van der Waals surface area (Å²) in [6, 6.07) is 30.8. The molecule has 0 atom stereocenters. The molecule has 0 saturated carbocycles. The summed E-state index contributed by atoms with van der Waals surface area (Å²) in [7, 11) is -0.298. The molecule has 0 amide bonds. The molecule has 0 N–H and O–H groups in total. The first-order valence-corrected chi connectivity index (χ1v) is 11.7. The van der Waals surface area contributed by atoms with Crippen LogP contribution in [0.3, 0.4) is 0 Å². The summed E-state index contributed by atoms with van der Waals surface area (Å²) in [6.45, 7) is 3.41. The fourth-order valence-electron chi connectivity index (χ4n) is 4.15. The first-order chi connectivity index (χ1) is 15.5. The van der Waals surface area contributed by atoms with E-state index in [1.165, 1.54) is 26.2 Å². The van der Waals surface area contributed by atoms with Gasteiger partial charge in [0.05, 0.1) is 5.56 Å². The topological polar surface area (TPSA) is 26.3 Å². The highest BCUT2D eigenvalue weighted by molar-refractivity contribution is 7.50. The van der Waals surface area contributed by atoms with Crippen molar-refractivity contribution in [3.05, 3.63) is 114 Å². The molecular weight excluding hydrogens is 419 g/mol. The number of fused-ring (bicyclic) bond motifs is 3. The first-order valence-electron chi connectivity index (χ1n) is 10.5. The van der Waals surface area contributed by atoms with Crippen LogP contribution in [-0.2, 0) is 10.3 Å². The van der Waals surface area contributed by atoms with E-state index < -0.39 is 11.6 Å². The molecule has 5 aromatic rings. The average molecular weight is 442 g/mol. The second-order valence-electron chi connectivity index (χ2n) is 8.21. The van der Waals surface area contributed by atoms with Crippen LogP contribution in [0.15, 0.2) is 97.1 Å². The van der Waals surface area contributed by atoms with Crippen LogP contribution in [-0.4, -0.2) is 5.97 Å². The Morgan fingerprint density at radius 2 is 1.38 bits per heavy atom. The molecule has 0 aliphatic rings. The molecule has 1 heterocycles. The van der Waals surface area contributed by atoms with E-state index >= 15 is 0 Å². The van der Waals surface area contributed by atoms with E-state index in [4.69, 9.17) is 4.74 Å². The number of hydrogen-bond donors (Lipinski definition) is 0. The Bertz CT molecular complexity index is 1410. The molecule has 0 saturated heterocycles. The molecule has 0 aliphatic carbocycles. The molecule has 4 heteroatoms. The number of hydrogen-bond acceptors (Lipinski definition) is 2. The molecule has 0 fully saturated rings. The Hall–Kier alpha value is -3.50. The zero-order valence-corrected chi connectivity index (χ0v) is 18.7. The van der Waals surface area contributed by atoms with Crippen molar-refractivity contribution >= 4 is 36.6 Å². The Labute approximate surface area is 188 Å². The van der Waals surface area contributed by atoms with Crippen LogP contribution in [0.2, 0.25) is 0 Å². The second-order valence-corrected chi connectivity index (χ2v) is 10.2. The van der Waals surface area contributed by atoms with Crippen molar-refractivity contribution in [1.29, 1.82) is 0 Å². The summed E-state index contributed by atoms with van der Waals surface area (Å²) in [5.41, 5.74) is -0.279. The molecule has 1 aromatic heterocycles. The van der Waals surface area contributed by atoms with Crippen LogP contribution < -0.4 is 0 Å². The zero-order chi connectivity index (χ0) is 22.3. The van der Waals surface area contributed by atoms with E-state index in [-0.39, 0.29) is 16.3 Å². The average Bonchev–Trinajstić information content (AvgIpc) is 3.13. The maximum Gasteiger partial charge on any atom is 0.339 e. The van der Waals surface area contributed by atoms with Gasteiger partial charge in [0.15, 0.2) is 14.3 Å². The zero-order valence-electron chi connectivity index (χ0n) is 17.8. The number of thiophene rings is 1. The van der Waals surface area contributed by atoms with Crippen molar-refractivity contribution in [3.63, 3.8) is 0 Å². The summed E-state index contributed by atoms with van der Waals surface area (Å²) in [4.78, 5) is 14.1. The molecule has 0 bridgehead atoms. The van der Waals surface area contributed by atoms with Crippen LogP contribution in [0.1, 0.15) is 29.8 Å². The molecule has 0 aliphatic heterocycles. The van der Waals surface area contributed by atoms with Crippen molar-refractivity contribution in [3.8, 4) is 4.90 Å². The van der Waals surface area contributed by atoms with Crippen LogP contribution in [0.25, 0.3) is 25.1 Å². The number of esters is 1. The van der Waals surface area contributed by atoms with Gasteiger partial charge in [0.25, 0.3) is 0 Å². The smallest absolute Gasteiger partial charge is 0.339 e. The van der Waals surface area contributed by atoms with Gasteiger partial charge in [-0.1, -0.05) is 48.5 Å². The molecular formula is C28H22FO2S+. The number of carbonyl (C=O) groups excluding carboxylic acids is 1. The van der Waals surface area contributed by atoms with E-state index in [2.05, 4.69) is 54.6 Å². The highest BCUT2D eigenvalue weighted by Gasteiger charge is 2.30. The van der Waals surface area contributed by atoms with Crippen molar-refractivity contribution < 1.29 is 13.9 Å². The lowest BCUT2D eigenvalue weighted by Crippen LogP contribution is -2.26. The SMILES string of the molecule is CC(C)(OC(=O)c1cccc(-[s+]2c3ccccc3c3ccccc32)c1)c1ccccc1F. The largest absolute Gasteiger partial charge is 0.451 e. The Kier molecular flexibility index (Phi) is 5.03. The summed E-state index contributed by atoms with van der Waals surface area (Å²) in [6.07, 6.45) is 0. The van der Waals surface area contributed by atoms with Crippen LogP contribution in [0.5, 0.6) is 0 Å². The van der Waals surface area contributed by atoms with Gasteiger partial charge in [0, 0.05) is 32.9 Å². The van der Waals surface area contributed by atoms with Gasteiger partial charge in [-0.05, 0) is 56.3 Å². The van der Waals surface area contributed by atoms with Gasteiger partial charge >= 0.3 is 5.97 Å². The summed E-state index contributed by atoms with van der Waals surface area (Å²) < 4.78 is 22.6. The standard InChI is InChI=1S/C28H22FO2S/c1-28(2,23-14-5-6-15-24(23)29)31-27(30)19-10-9-11-20(18-19)32-25-16-7-3-12-21(25)22-13-4-8-17-26(22)32/h3-18H,1-2H3/q+1. The minimum atomic E-state index is -1.09. The normalized spacial score (nSPS) is 11.7. The minimum Gasteiger partial charge on any atom is -0.451 e. The highest BCUT2D eigenvalue weighted by atomic mass is 32.2. The van der Waals surface area contributed by atoms with Crippen molar-refractivity contribution in [2.45, 2.75) is 19.4 Å². The molecule has 0 radical (unpaired) electrons. The van der Waals surface area contributed by atoms with Crippen molar-refractivity contribution in [1.82, 2.24) is 0 Å². The summed E-state index contributed by atoms with van der Waals surface area (Å²) in [5.74, 6) is -0.857. The van der Waals surface area contributed by atoms with Crippen molar-refractivity contribution in [2.24, 2.45) is 0 Å². The third-order valence-electron chi connectivity index (χ3n) is 5.68. The summed E-state index contributed by atoms with van der Waals surface area (Å²) >= 11 is 0. The molecule has 0 spiro atoms. The predicted molar refractivity (Wildman–Crippen MR) is 130 cm³/mol. The van der Waals surface area contributed by atoms with Crippen molar-refractivity contribution in [2.75, 3.05) is 0 Å². The molecule has 32 heavy (non-hydrogen) atoms. The van der Waals surface area contributed by atoms with E-state index in [1.807, 2.05) is 12.1 Å². The van der Waals surface area contributed by atoms with Gasteiger partial charge in [0.2, 0.25) is 0 Å². The van der Waals surface area contributed by atoms with Crippen LogP contribution in [0, 0.1) is 5.82 Å². The van der Waals surface area contributed by atoms with E-state index in [0.717, 1.165) is 4.90 Å². The van der Waals surface area contributed by atoms with Gasteiger partial charge in [-0.15, -0.1) is 0 Å². The fraction of sp³-hybridized carbons (Fsp3) is 0.107. The Morgan fingerprint density at radius 1 is 0.781 bits per heavy atom. The molecule has 2 nitrogen and oxygen atoms in total. The van der Waals surface area contributed by atoms with E-state index in [9.17, 15) is 9.18 Å². The molecule has 4 aromatic carbocycles. The van der Waals surface area contributed by atoms with Gasteiger partial charge in [-0.25, -0.2) is 9.18 Å². The maximum atomic E-state index is 14.3. The van der Waals surface area contributed by atoms with E-state index in [0.29, 0.717) is 11.1 Å². The highest BCUT2D eigenvalue weighted by Crippen LogP contribution is 2.48. The van der Waals surface area contributed by atoms with Crippen LogP contribution in [0.4, 0.5) is 4.39 Å². The Morgan fingerprint density at radius 3 is 2.03 bits per heavy atom. The van der Waals surface area contributed by atoms with Gasteiger partial charge < -0.3 is 4.74 Å². The lowest BCUT2D eigenvalue weighted by atomic mass is 9.97. The fourth-order valence-corrected chi connectivity index (χ4v) is 6.58. The van der Waals surface area contributed by atoms with Gasteiger partial charge in [0.1, 0.15) is 11.4 Å². The summed E-state index contributed by atoms with van der Waals surface area (Å²) in [5, 5.41) is 2.47. The third kappa shape index (κ3) is 3.47. The lowest BCUT2D eigenvalue weighted by Gasteiger charge is -2.26. The lowest BCUT2D eigenvalue weighted by molar-refractivity contribution is -0.00450. The van der Waals surface area contributed by atoms with Gasteiger partial charge in [-0.3, -0.25) is 0 Å². The maximum absolute atomic E-state index is 14.3. The molecule has 5 rings (SSSR count).